The van der Waals surface area contributed by atoms with Gasteiger partial charge in [-0.2, -0.15) is 0 Å². The van der Waals surface area contributed by atoms with Gasteiger partial charge in [0.1, 0.15) is 11.5 Å². The molecule has 0 spiro atoms. The van der Waals surface area contributed by atoms with E-state index < -0.39 is 0 Å². The topological polar surface area (TPSA) is 75.8 Å². The van der Waals surface area contributed by atoms with Crippen LogP contribution in [0.25, 0.3) is 0 Å². The molecular weight excluding hydrogens is 212 g/mol. The Labute approximate surface area is 93.3 Å². The average molecular weight is 228 g/mol. The van der Waals surface area contributed by atoms with Crippen molar-refractivity contribution in [1.29, 1.82) is 0 Å². The zero-order chi connectivity index (χ0) is 11.6. The van der Waals surface area contributed by atoms with Crippen LogP contribution in [-0.2, 0) is 6.54 Å². The van der Waals surface area contributed by atoms with Crippen molar-refractivity contribution in [3.63, 3.8) is 0 Å². The van der Waals surface area contributed by atoms with Crippen LogP contribution in [0.5, 0.6) is 0 Å². The molecule has 5 nitrogen and oxygen atoms in total. The Bertz CT molecular complexity index is 460. The number of aromatic amines is 1. The quantitative estimate of drug-likeness (QED) is 0.679. The van der Waals surface area contributed by atoms with Crippen LogP contribution in [0.2, 0.25) is 0 Å². The highest BCUT2D eigenvalue weighted by Gasteiger charge is 2.09. The fourth-order valence-corrected chi connectivity index (χ4v) is 1.64. The Kier molecular flexibility index (Phi) is 3.52. The van der Waals surface area contributed by atoms with E-state index in [0.717, 1.165) is 0 Å². The maximum absolute atomic E-state index is 11.5. The minimum absolute atomic E-state index is 0.278. The van der Waals surface area contributed by atoms with E-state index in [1.807, 2.05) is 0 Å². The van der Waals surface area contributed by atoms with Crippen LogP contribution in [0.3, 0.4) is 0 Å². The van der Waals surface area contributed by atoms with Gasteiger partial charge in [0.15, 0.2) is 4.77 Å². The Balaban J connectivity index is 3.39. The number of nitrogens with one attached hydrogen (secondary N) is 2. The molecule has 6 heteroatoms. The van der Waals surface area contributed by atoms with Crippen molar-refractivity contribution in [2.24, 2.45) is 5.92 Å². The number of nitrogens with zero attached hydrogens (tertiary/aromatic N) is 1. The molecule has 0 amide bonds. The third-order valence-electron chi connectivity index (χ3n) is 2.04. The zero-order valence-electron chi connectivity index (χ0n) is 9.13. The highest BCUT2D eigenvalue weighted by atomic mass is 32.1. The summed E-state index contributed by atoms with van der Waals surface area (Å²) in [4.78, 5) is 14.0. The molecular formula is C9H16N4OS. The molecule has 0 unspecified atom stereocenters. The first-order chi connectivity index (χ1) is 6.97. The zero-order valence-corrected chi connectivity index (χ0v) is 9.94. The molecule has 1 heterocycles. The van der Waals surface area contributed by atoms with Gasteiger partial charge in [0, 0.05) is 13.6 Å². The van der Waals surface area contributed by atoms with Crippen LogP contribution in [0.1, 0.15) is 13.8 Å². The van der Waals surface area contributed by atoms with Crippen LogP contribution in [0, 0.1) is 10.7 Å². The molecule has 0 aliphatic rings. The predicted molar refractivity (Wildman–Crippen MR) is 64.7 cm³/mol. The Hall–Kier alpha value is -1.30. The van der Waals surface area contributed by atoms with Gasteiger partial charge < -0.3 is 15.6 Å². The van der Waals surface area contributed by atoms with Crippen molar-refractivity contribution >= 4 is 23.7 Å². The highest BCUT2D eigenvalue weighted by molar-refractivity contribution is 7.71. The van der Waals surface area contributed by atoms with E-state index in [2.05, 4.69) is 24.1 Å². The van der Waals surface area contributed by atoms with E-state index in [4.69, 9.17) is 18.0 Å². The van der Waals surface area contributed by atoms with Crippen molar-refractivity contribution < 1.29 is 0 Å². The van der Waals surface area contributed by atoms with E-state index >= 15 is 0 Å². The van der Waals surface area contributed by atoms with E-state index in [0.29, 0.717) is 28.7 Å². The number of hydrogen-bond donors (Lipinski definition) is 3. The highest BCUT2D eigenvalue weighted by Crippen LogP contribution is 2.13. The summed E-state index contributed by atoms with van der Waals surface area (Å²) in [5, 5.41) is 2.77. The third kappa shape index (κ3) is 2.38. The molecule has 0 aliphatic carbocycles. The van der Waals surface area contributed by atoms with Crippen molar-refractivity contribution in [1.82, 2.24) is 9.55 Å². The Morgan fingerprint density at radius 3 is 2.67 bits per heavy atom. The molecule has 1 aromatic rings. The standard InChI is InChI=1S/C9H16N4OS/c1-5(2)4-13-7(10)6(11-3)8(14)12-9(13)15/h5,11H,4,10H2,1-3H3,(H,12,14,15). The summed E-state index contributed by atoms with van der Waals surface area (Å²) in [6, 6.07) is 0. The number of hydrogen-bond acceptors (Lipinski definition) is 4. The minimum atomic E-state index is -0.278. The largest absolute Gasteiger partial charge is 0.383 e. The lowest BCUT2D eigenvalue weighted by molar-refractivity contribution is 0.516. The summed E-state index contributed by atoms with van der Waals surface area (Å²) in [7, 11) is 1.66. The van der Waals surface area contributed by atoms with Crippen molar-refractivity contribution in [3.05, 3.63) is 15.1 Å². The minimum Gasteiger partial charge on any atom is -0.383 e. The second-order valence-corrected chi connectivity index (χ2v) is 4.16. The Morgan fingerprint density at radius 1 is 1.60 bits per heavy atom. The molecule has 0 aromatic carbocycles. The lowest BCUT2D eigenvalue weighted by Crippen LogP contribution is -2.22. The van der Waals surface area contributed by atoms with Crippen LogP contribution >= 0.6 is 12.2 Å². The fraction of sp³-hybridized carbons (Fsp3) is 0.556. The molecule has 1 rings (SSSR count). The third-order valence-corrected chi connectivity index (χ3v) is 2.36. The SMILES string of the molecule is CNc1c(N)n(CC(C)C)c(=S)[nH]c1=O. The lowest BCUT2D eigenvalue weighted by atomic mass is 10.2. The number of H-pyrrole nitrogens is 1. The molecule has 0 radical (unpaired) electrons. The molecule has 1 aromatic heterocycles. The van der Waals surface area contributed by atoms with Gasteiger partial charge in [-0.25, -0.2) is 0 Å². The van der Waals surface area contributed by atoms with Crippen LogP contribution in [0.4, 0.5) is 11.5 Å². The van der Waals surface area contributed by atoms with E-state index in [9.17, 15) is 4.79 Å². The van der Waals surface area contributed by atoms with Crippen LogP contribution < -0.4 is 16.6 Å². The summed E-state index contributed by atoms with van der Waals surface area (Å²) >= 11 is 5.05. The van der Waals surface area contributed by atoms with Gasteiger partial charge in [0.25, 0.3) is 5.56 Å². The van der Waals surface area contributed by atoms with E-state index in [1.54, 1.807) is 11.6 Å². The van der Waals surface area contributed by atoms with Crippen LogP contribution in [-0.4, -0.2) is 16.6 Å². The molecule has 84 valence electrons. The Morgan fingerprint density at radius 2 is 2.20 bits per heavy atom. The van der Waals surface area contributed by atoms with Gasteiger partial charge in [0.2, 0.25) is 0 Å². The molecule has 0 saturated heterocycles. The second-order valence-electron chi connectivity index (χ2n) is 3.77. The molecule has 15 heavy (non-hydrogen) atoms. The first-order valence-corrected chi connectivity index (χ1v) is 5.18. The first-order valence-electron chi connectivity index (χ1n) is 4.77. The molecule has 4 N–H and O–H groups in total. The number of rotatable bonds is 3. The monoisotopic (exact) mass is 228 g/mol. The van der Waals surface area contributed by atoms with Gasteiger partial charge in [-0.3, -0.25) is 9.78 Å². The maximum atomic E-state index is 11.5. The van der Waals surface area contributed by atoms with Gasteiger partial charge in [-0.15, -0.1) is 0 Å². The van der Waals surface area contributed by atoms with Crippen molar-refractivity contribution in [2.45, 2.75) is 20.4 Å². The lowest BCUT2D eigenvalue weighted by Gasteiger charge is -2.15. The smallest absolute Gasteiger partial charge is 0.277 e. The fourth-order valence-electron chi connectivity index (χ4n) is 1.38. The van der Waals surface area contributed by atoms with Gasteiger partial charge in [-0.1, -0.05) is 13.8 Å². The number of nitrogen functional groups attached to an aromatic ring is 1. The molecule has 0 bridgehead atoms. The number of anilines is 2. The number of nitrogens with two attached hydrogens (primary N) is 1. The van der Waals surface area contributed by atoms with Crippen molar-refractivity contribution in [3.8, 4) is 0 Å². The first kappa shape index (κ1) is 11.8. The number of aromatic nitrogens is 2. The molecule has 0 saturated carbocycles. The normalized spacial score (nSPS) is 10.7. The van der Waals surface area contributed by atoms with Crippen molar-refractivity contribution in [2.75, 3.05) is 18.1 Å². The summed E-state index contributed by atoms with van der Waals surface area (Å²) in [6.07, 6.45) is 0. The summed E-state index contributed by atoms with van der Waals surface area (Å²) in [5.74, 6) is 0.801. The molecule has 0 fully saturated rings. The van der Waals surface area contributed by atoms with E-state index in [-0.39, 0.29) is 5.56 Å². The molecule has 0 aliphatic heterocycles. The second kappa shape index (κ2) is 4.48. The summed E-state index contributed by atoms with van der Waals surface area (Å²) in [6.45, 7) is 4.81. The van der Waals surface area contributed by atoms with Gasteiger partial charge in [-0.05, 0) is 18.1 Å². The van der Waals surface area contributed by atoms with Gasteiger partial charge in [0.05, 0.1) is 0 Å². The van der Waals surface area contributed by atoms with E-state index in [1.165, 1.54) is 0 Å². The average Bonchev–Trinajstić information content (AvgIpc) is 2.12. The van der Waals surface area contributed by atoms with Gasteiger partial charge >= 0.3 is 0 Å². The summed E-state index contributed by atoms with van der Waals surface area (Å²) in [5.41, 5.74) is 5.94. The summed E-state index contributed by atoms with van der Waals surface area (Å²) < 4.78 is 2.10. The van der Waals surface area contributed by atoms with Crippen LogP contribution in [0.15, 0.2) is 4.79 Å². The predicted octanol–water partition coefficient (Wildman–Crippen LogP) is 1.19. The molecule has 0 atom stereocenters. The maximum Gasteiger partial charge on any atom is 0.277 e.